The lowest BCUT2D eigenvalue weighted by atomic mass is 10.1. The Bertz CT molecular complexity index is 1470. The number of thiophene rings is 1. The molecule has 0 unspecified atom stereocenters. The molecule has 1 fully saturated rings. The van der Waals surface area contributed by atoms with Crippen molar-refractivity contribution < 1.29 is 9.53 Å². The third-order valence-electron chi connectivity index (χ3n) is 6.56. The van der Waals surface area contributed by atoms with Crippen LogP contribution in [0.1, 0.15) is 42.1 Å². The SMILES string of the molecule is CC(C)N1CCC(Oc2cc(-n3ccccc3=O)ccc2-n2cc(CNC(=O)c3ccc(Cl)s3)nn2)CC1. The van der Waals surface area contributed by atoms with Crippen molar-refractivity contribution in [2.45, 2.75) is 45.4 Å². The van der Waals surface area contributed by atoms with Gasteiger partial charge in [-0.1, -0.05) is 22.9 Å². The van der Waals surface area contributed by atoms with Gasteiger partial charge in [-0.15, -0.1) is 16.4 Å². The zero-order valence-corrected chi connectivity index (χ0v) is 22.8. The van der Waals surface area contributed by atoms with Gasteiger partial charge in [-0.2, -0.15) is 0 Å². The number of aromatic nitrogens is 4. The van der Waals surface area contributed by atoms with Crippen LogP contribution in [0.25, 0.3) is 11.4 Å². The van der Waals surface area contributed by atoms with Gasteiger partial charge in [0.25, 0.3) is 11.5 Å². The van der Waals surface area contributed by atoms with Crippen molar-refractivity contribution in [3.8, 4) is 17.1 Å². The number of carbonyl (C=O) groups is 1. The number of nitrogens with one attached hydrogen (secondary N) is 1. The van der Waals surface area contributed by atoms with E-state index < -0.39 is 0 Å². The first-order valence-corrected chi connectivity index (χ1v) is 13.7. The molecule has 5 rings (SSSR count). The molecule has 3 aromatic heterocycles. The average molecular weight is 553 g/mol. The molecule has 0 aliphatic carbocycles. The van der Waals surface area contributed by atoms with Crippen LogP contribution in [-0.4, -0.2) is 55.6 Å². The van der Waals surface area contributed by atoms with Crippen LogP contribution in [-0.2, 0) is 6.54 Å². The van der Waals surface area contributed by atoms with Crippen LogP contribution in [0.5, 0.6) is 5.75 Å². The molecule has 1 aromatic carbocycles. The molecule has 0 saturated carbocycles. The molecular formula is C27H29ClN6O3S. The number of amides is 1. The van der Waals surface area contributed by atoms with E-state index in [1.807, 2.05) is 24.3 Å². The van der Waals surface area contributed by atoms with Crippen LogP contribution >= 0.6 is 22.9 Å². The van der Waals surface area contributed by atoms with E-state index in [0.29, 0.717) is 38.1 Å². The summed E-state index contributed by atoms with van der Waals surface area (Å²) in [6.07, 6.45) is 5.37. The monoisotopic (exact) mass is 552 g/mol. The maximum atomic E-state index is 12.5. The van der Waals surface area contributed by atoms with Gasteiger partial charge < -0.3 is 15.0 Å². The van der Waals surface area contributed by atoms with Gasteiger partial charge in [-0.05, 0) is 57.0 Å². The van der Waals surface area contributed by atoms with Crippen molar-refractivity contribution in [3.63, 3.8) is 0 Å². The molecule has 198 valence electrons. The minimum atomic E-state index is -0.217. The predicted octanol–water partition coefficient (Wildman–Crippen LogP) is 4.31. The van der Waals surface area contributed by atoms with Gasteiger partial charge in [0.1, 0.15) is 23.2 Å². The summed E-state index contributed by atoms with van der Waals surface area (Å²) in [5, 5.41) is 11.4. The van der Waals surface area contributed by atoms with Crippen molar-refractivity contribution in [2.75, 3.05) is 13.1 Å². The van der Waals surface area contributed by atoms with Crippen molar-refractivity contribution in [3.05, 3.63) is 86.2 Å². The molecule has 0 radical (unpaired) electrons. The summed E-state index contributed by atoms with van der Waals surface area (Å²) in [5.74, 6) is 0.404. The molecule has 1 amide bonds. The first-order chi connectivity index (χ1) is 18.4. The smallest absolute Gasteiger partial charge is 0.261 e. The third kappa shape index (κ3) is 5.98. The number of pyridine rings is 1. The fourth-order valence-electron chi connectivity index (χ4n) is 4.46. The van der Waals surface area contributed by atoms with Gasteiger partial charge in [0.2, 0.25) is 0 Å². The summed E-state index contributed by atoms with van der Waals surface area (Å²) in [6.45, 7) is 6.58. The Morgan fingerprint density at radius 1 is 1.18 bits per heavy atom. The number of hydrogen-bond donors (Lipinski definition) is 1. The van der Waals surface area contributed by atoms with E-state index >= 15 is 0 Å². The van der Waals surface area contributed by atoms with Crippen LogP contribution in [0.3, 0.4) is 0 Å². The van der Waals surface area contributed by atoms with Crippen LogP contribution in [0.2, 0.25) is 4.34 Å². The number of carbonyl (C=O) groups excluding carboxylic acids is 1. The lowest BCUT2D eigenvalue weighted by Crippen LogP contribution is -2.41. The maximum Gasteiger partial charge on any atom is 0.261 e. The Morgan fingerprint density at radius 2 is 2.00 bits per heavy atom. The normalized spacial score (nSPS) is 14.6. The molecular weight excluding hydrogens is 524 g/mol. The van der Waals surface area contributed by atoms with Gasteiger partial charge in [0, 0.05) is 37.5 Å². The molecule has 0 atom stereocenters. The molecule has 4 heterocycles. The molecule has 1 N–H and O–H groups in total. The molecule has 0 bridgehead atoms. The van der Waals surface area contributed by atoms with Crippen LogP contribution in [0, 0.1) is 0 Å². The third-order valence-corrected chi connectivity index (χ3v) is 7.79. The highest BCUT2D eigenvalue weighted by Gasteiger charge is 2.24. The second kappa shape index (κ2) is 11.5. The second-order valence-electron chi connectivity index (χ2n) is 9.45. The summed E-state index contributed by atoms with van der Waals surface area (Å²) in [4.78, 5) is 27.8. The Balaban J connectivity index is 1.38. The van der Waals surface area contributed by atoms with Crippen molar-refractivity contribution in [1.82, 2.24) is 29.8 Å². The largest absolute Gasteiger partial charge is 0.488 e. The van der Waals surface area contributed by atoms with Crippen molar-refractivity contribution in [2.24, 2.45) is 0 Å². The topological polar surface area (TPSA) is 94.3 Å². The van der Waals surface area contributed by atoms with E-state index in [1.165, 1.54) is 17.4 Å². The van der Waals surface area contributed by atoms with Gasteiger partial charge >= 0.3 is 0 Å². The van der Waals surface area contributed by atoms with Gasteiger partial charge in [0.05, 0.1) is 27.6 Å². The number of hydrogen-bond acceptors (Lipinski definition) is 7. The zero-order chi connectivity index (χ0) is 26.6. The Morgan fingerprint density at radius 3 is 2.71 bits per heavy atom. The minimum Gasteiger partial charge on any atom is -0.488 e. The van der Waals surface area contributed by atoms with E-state index in [9.17, 15) is 9.59 Å². The van der Waals surface area contributed by atoms with Crippen LogP contribution < -0.4 is 15.6 Å². The first-order valence-electron chi connectivity index (χ1n) is 12.6. The molecule has 1 aliphatic heterocycles. The van der Waals surface area contributed by atoms with Gasteiger partial charge in [0.15, 0.2) is 0 Å². The average Bonchev–Trinajstić information content (AvgIpc) is 3.57. The maximum absolute atomic E-state index is 12.5. The Labute approximate surface area is 229 Å². The highest BCUT2D eigenvalue weighted by atomic mass is 35.5. The lowest BCUT2D eigenvalue weighted by Gasteiger charge is -2.34. The van der Waals surface area contributed by atoms with E-state index in [-0.39, 0.29) is 24.1 Å². The van der Waals surface area contributed by atoms with Gasteiger partial charge in [-0.25, -0.2) is 4.68 Å². The highest BCUT2D eigenvalue weighted by Crippen LogP contribution is 2.29. The van der Waals surface area contributed by atoms with E-state index in [2.05, 4.69) is 34.4 Å². The number of halogens is 1. The van der Waals surface area contributed by atoms with Crippen LogP contribution in [0.15, 0.2) is 65.7 Å². The zero-order valence-electron chi connectivity index (χ0n) is 21.2. The number of piperidine rings is 1. The quantitative estimate of drug-likeness (QED) is 0.350. The molecule has 38 heavy (non-hydrogen) atoms. The standard InChI is InChI=1S/C27H29ClN6O3S/c1-18(2)32-13-10-21(11-14-32)37-23-15-20(33-12-4-3-5-26(33)35)6-7-22(23)34-17-19(30-31-34)16-29-27(36)24-8-9-25(28)38-24/h3-9,12,15,17-18,21H,10-11,13-14,16H2,1-2H3,(H,29,36). The molecule has 1 aliphatic rings. The van der Waals surface area contributed by atoms with Crippen LogP contribution in [0.4, 0.5) is 0 Å². The molecule has 9 nitrogen and oxygen atoms in total. The number of benzene rings is 1. The second-order valence-corrected chi connectivity index (χ2v) is 11.2. The summed E-state index contributed by atoms with van der Waals surface area (Å²) in [5.41, 5.74) is 1.89. The molecule has 11 heteroatoms. The van der Waals surface area contributed by atoms with Gasteiger partial charge in [-0.3, -0.25) is 14.2 Å². The first kappa shape index (κ1) is 26.1. The Kier molecular flexibility index (Phi) is 7.92. The number of rotatable bonds is 8. The number of likely N-dealkylation sites (tertiary alicyclic amines) is 1. The summed E-state index contributed by atoms with van der Waals surface area (Å²) >= 11 is 7.16. The summed E-state index contributed by atoms with van der Waals surface area (Å²) in [6, 6.07) is 14.5. The summed E-state index contributed by atoms with van der Waals surface area (Å²) < 4.78 is 10.3. The Hall–Kier alpha value is -3.47. The number of nitrogens with zero attached hydrogens (tertiary/aromatic N) is 5. The van der Waals surface area contributed by atoms with Crippen molar-refractivity contribution >= 4 is 28.8 Å². The van der Waals surface area contributed by atoms with Crippen molar-refractivity contribution in [1.29, 1.82) is 0 Å². The molecule has 0 spiro atoms. The number of ether oxygens (including phenoxy) is 1. The molecule has 4 aromatic rings. The molecule has 1 saturated heterocycles. The predicted molar refractivity (Wildman–Crippen MR) is 148 cm³/mol. The fraction of sp³-hybridized carbons (Fsp3) is 0.333. The van der Waals surface area contributed by atoms with E-state index in [1.54, 1.807) is 39.8 Å². The van der Waals surface area contributed by atoms with E-state index in [0.717, 1.165) is 25.9 Å². The minimum absolute atomic E-state index is 0.0476. The highest BCUT2D eigenvalue weighted by molar-refractivity contribution is 7.17. The van der Waals surface area contributed by atoms with E-state index in [4.69, 9.17) is 16.3 Å². The fourth-order valence-corrected chi connectivity index (χ4v) is 5.42. The summed E-state index contributed by atoms with van der Waals surface area (Å²) in [7, 11) is 0. The lowest BCUT2D eigenvalue weighted by molar-refractivity contribution is 0.0841.